The Balaban J connectivity index is 2.34. The Hall–Kier alpha value is -2.68. The lowest BCUT2D eigenvalue weighted by Gasteiger charge is -2.19. The maximum Gasteiger partial charge on any atom is 0.413 e. The van der Waals surface area contributed by atoms with Crippen LogP contribution in [0.5, 0.6) is 5.75 Å². The number of nitrogens with one attached hydrogen (secondary N) is 2. The number of ether oxygens (including phenoxy) is 3. The molecule has 8 nitrogen and oxygen atoms in total. The number of carbonyl (C=O) groups is 2. The first-order valence-electron chi connectivity index (χ1n) is 9.09. The van der Waals surface area contributed by atoms with Gasteiger partial charge in [0, 0.05) is 18.7 Å². The first-order chi connectivity index (χ1) is 13.7. The van der Waals surface area contributed by atoms with E-state index in [1.807, 2.05) is 6.26 Å². The topological polar surface area (TPSA) is 98.3 Å². The van der Waals surface area contributed by atoms with Gasteiger partial charge in [0.05, 0.1) is 6.61 Å². The molecule has 0 aliphatic carbocycles. The molecule has 160 valence electrons. The zero-order valence-corrected chi connectivity index (χ0v) is 18.1. The normalized spacial score (nSPS) is 11.4. The summed E-state index contributed by atoms with van der Waals surface area (Å²) in [5.74, 6) is 0.677. The second-order valence-corrected chi connectivity index (χ2v) is 7.55. The summed E-state index contributed by atoms with van der Waals surface area (Å²) in [5.41, 5.74) is 0.0483. The molecule has 1 aromatic rings. The van der Waals surface area contributed by atoms with Gasteiger partial charge in [-0.05, 0) is 51.3 Å². The van der Waals surface area contributed by atoms with Gasteiger partial charge in [0.25, 0.3) is 0 Å². The molecule has 0 aliphatic heterocycles. The van der Waals surface area contributed by atoms with Crippen LogP contribution in [0.4, 0.5) is 15.3 Å². The summed E-state index contributed by atoms with van der Waals surface area (Å²) in [4.78, 5) is 27.5. The van der Waals surface area contributed by atoms with E-state index in [4.69, 9.17) is 14.2 Å². The third kappa shape index (κ3) is 11.7. The fraction of sp³-hybridized carbons (Fsp3) is 0.450. The second kappa shape index (κ2) is 12.7. The smallest absolute Gasteiger partial charge is 0.413 e. The zero-order chi connectivity index (χ0) is 21.7. The van der Waals surface area contributed by atoms with E-state index in [-0.39, 0.29) is 6.61 Å². The largest absolute Gasteiger partial charge is 0.494 e. The molecule has 0 aromatic heterocycles. The predicted octanol–water partition coefficient (Wildman–Crippen LogP) is 4.43. The number of alkyl carbamates (subject to hydrolysis) is 1. The summed E-state index contributed by atoms with van der Waals surface area (Å²) in [5, 5.41) is 5.72. The number of aliphatic imine (C=N–C) groups is 1. The molecule has 0 aliphatic rings. The number of hydrogen-bond donors (Lipinski definition) is 2. The molecule has 0 heterocycles. The highest BCUT2D eigenvalue weighted by Crippen LogP contribution is 2.16. The van der Waals surface area contributed by atoms with Gasteiger partial charge in [-0.25, -0.2) is 9.59 Å². The Bertz CT molecular complexity index is 699. The fourth-order valence-corrected chi connectivity index (χ4v) is 2.31. The van der Waals surface area contributed by atoms with Gasteiger partial charge >= 0.3 is 12.2 Å². The van der Waals surface area contributed by atoms with Crippen molar-refractivity contribution in [3.05, 3.63) is 36.9 Å². The number of thioether (sulfide) groups is 1. The van der Waals surface area contributed by atoms with Crippen molar-refractivity contribution < 1.29 is 23.8 Å². The highest BCUT2D eigenvalue weighted by Gasteiger charge is 2.17. The number of benzene rings is 1. The predicted molar refractivity (Wildman–Crippen MR) is 117 cm³/mol. The van der Waals surface area contributed by atoms with E-state index < -0.39 is 17.8 Å². The molecule has 2 amide bonds. The van der Waals surface area contributed by atoms with Gasteiger partial charge in [0.2, 0.25) is 0 Å². The van der Waals surface area contributed by atoms with Crippen LogP contribution >= 0.6 is 11.8 Å². The molecular weight excluding hydrogens is 394 g/mol. The van der Waals surface area contributed by atoms with Crippen LogP contribution in [0.15, 0.2) is 41.9 Å². The third-order valence-electron chi connectivity index (χ3n) is 3.06. The van der Waals surface area contributed by atoms with Crippen molar-refractivity contribution in [2.75, 3.05) is 31.3 Å². The molecule has 1 aromatic carbocycles. The molecule has 0 unspecified atom stereocenters. The molecule has 0 saturated heterocycles. The Morgan fingerprint density at radius 3 is 2.48 bits per heavy atom. The van der Waals surface area contributed by atoms with E-state index in [0.29, 0.717) is 36.2 Å². The van der Waals surface area contributed by atoms with E-state index >= 15 is 0 Å². The number of hydrogen-bond acceptors (Lipinski definition) is 7. The van der Waals surface area contributed by atoms with Crippen LogP contribution in [-0.4, -0.2) is 49.0 Å². The van der Waals surface area contributed by atoms with Crippen molar-refractivity contribution >= 4 is 34.8 Å². The van der Waals surface area contributed by atoms with E-state index in [1.54, 1.807) is 45.0 Å². The van der Waals surface area contributed by atoms with Crippen LogP contribution < -0.4 is 15.4 Å². The summed E-state index contributed by atoms with van der Waals surface area (Å²) in [7, 11) is 0. The molecular formula is C20H29N3O5S. The summed E-state index contributed by atoms with van der Waals surface area (Å²) in [6, 6.07) is 6.95. The summed E-state index contributed by atoms with van der Waals surface area (Å²) < 4.78 is 15.7. The SMILES string of the molecule is C=CCOC(=O)Nc1ccc(OCCCN=C(NC(=O)OC(C)(C)C)SC)cc1. The van der Waals surface area contributed by atoms with Gasteiger partial charge in [-0.2, -0.15) is 0 Å². The molecule has 29 heavy (non-hydrogen) atoms. The number of nitrogens with zero attached hydrogens (tertiary/aromatic N) is 1. The highest BCUT2D eigenvalue weighted by atomic mass is 32.2. The standard InChI is InChI=1S/C20H29N3O5S/c1-6-13-27-18(24)22-15-8-10-16(11-9-15)26-14-7-12-21-17(29-5)23-19(25)28-20(2,3)4/h6,8-11H,1,7,12-14H2,2-5H3,(H,22,24)(H,21,23,25). The first kappa shape index (κ1) is 24.4. The summed E-state index contributed by atoms with van der Waals surface area (Å²) in [6.07, 6.45) is 2.93. The van der Waals surface area contributed by atoms with E-state index in [0.717, 1.165) is 0 Å². The molecule has 0 radical (unpaired) electrons. The Labute approximate surface area is 176 Å². The fourth-order valence-electron chi connectivity index (χ4n) is 1.90. The Morgan fingerprint density at radius 2 is 1.90 bits per heavy atom. The van der Waals surface area contributed by atoms with Gasteiger partial charge in [-0.3, -0.25) is 15.6 Å². The lowest BCUT2D eigenvalue weighted by Crippen LogP contribution is -2.35. The lowest BCUT2D eigenvalue weighted by atomic mass is 10.2. The monoisotopic (exact) mass is 423 g/mol. The molecule has 0 saturated carbocycles. The lowest BCUT2D eigenvalue weighted by molar-refractivity contribution is 0.0564. The number of amidine groups is 1. The Kier molecular flexibility index (Phi) is 10.7. The second-order valence-electron chi connectivity index (χ2n) is 6.76. The van der Waals surface area contributed by atoms with Crippen LogP contribution in [0.25, 0.3) is 0 Å². The highest BCUT2D eigenvalue weighted by molar-refractivity contribution is 8.13. The zero-order valence-electron chi connectivity index (χ0n) is 17.3. The maximum absolute atomic E-state index is 11.8. The molecule has 0 bridgehead atoms. The molecule has 0 spiro atoms. The third-order valence-corrected chi connectivity index (χ3v) is 3.68. The van der Waals surface area contributed by atoms with Crippen molar-refractivity contribution in [3.63, 3.8) is 0 Å². The van der Waals surface area contributed by atoms with Crippen LogP contribution in [0.2, 0.25) is 0 Å². The van der Waals surface area contributed by atoms with E-state index in [2.05, 4.69) is 22.2 Å². The van der Waals surface area contributed by atoms with Gasteiger partial charge in [0.15, 0.2) is 5.17 Å². The quantitative estimate of drug-likeness (QED) is 0.278. The number of anilines is 1. The van der Waals surface area contributed by atoms with Gasteiger partial charge in [-0.1, -0.05) is 24.4 Å². The van der Waals surface area contributed by atoms with Crippen LogP contribution in [0.1, 0.15) is 27.2 Å². The number of amides is 2. The van der Waals surface area contributed by atoms with Gasteiger partial charge in [-0.15, -0.1) is 0 Å². The Morgan fingerprint density at radius 1 is 1.21 bits per heavy atom. The average Bonchev–Trinajstić information content (AvgIpc) is 2.65. The summed E-state index contributed by atoms with van der Waals surface area (Å²) >= 11 is 1.34. The van der Waals surface area contributed by atoms with Crippen molar-refractivity contribution in [1.82, 2.24) is 5.32 Å². The number of carbonyl (C=O) groups excluding carboxylic acids is 2. The minimum absolute atomic E-state index is 0.154. The maximum atomic E-state index is 11.8. The van der Waals surface area contributed by atoms with Gasteiger partial charge in [0.1, 0.15) is 18.0 Å². The van der Waals surface area contributed by atoms with E-state index in [9.17, 15) is 9.59 Å². The number of rotatable bonds is 8. The van der Waals surface area contributed by atoms with Gasteiger partial charge < -0.3 is 14.2 Å². The van der Waals surface area contributed by atoms with Crippen molar-refractivity contribution in [1.29, 1.82) is 0 Å². The van der Waals surface area contributed by atoms with Crippen LogP contribution in [0.3, 0.4) is 0 Å². The van der Waals surface area contributed by atoms with E-state index in [1.165, 1.54) is 17.8 Å². The first-order valence-corrected chi connectivity index (χ1v) is 10.3. The van der Waals surface area contributed by atoms with Crippen molar-refractivity contribution in [2.24, 2.45) is 4.99 Å². The van der Waals surface area contributed by atoms with Crippen molar-refractivity contribution in [2.45, 2.75) is 32.8 Å². The molecule has 0 fully saturated rings. The molecule has 0 atom stereocenters. The minimum atomic E-state index is -0.557. The van der Waals surface area contributed by atoms with Crippen LogP contribution in [-0.2, 0) is 9.47 Å². The molecule has 2 N–H and O–H groups in total. The summed E-state index contributed by atoms with van der Waals surface area (Å²) in [6.45, 7) is 10.0. The molecule has 9 heteroatoms. The minimum Gasteiger partial charge on any atom is -0.494 e. The van der Waals surface area contributed by atoms with Crippen molar-refractivity contribution in [3.8, 4) is 5.75 Å². The average molecular weight is 424 g/mol. The van der Waals surface area contributed by atoms with Crippen LogP contribution in [0, 0.1) is 0 Å². The molecule has 1 rings (SSSR count).